The Morgan fingerprint density at radius 3 is 2.49 bits per heavy atom. The van der Waals surface area contributed by atoms with Gasteiger partial charge in [0.15, 0.2) is 5.78 Å². The highest BCUT2D eigenvalue weighted by Gasteiger charge is 2.47. The lowest BCUT2D eigenvalue weighted by atomic mass is 9.77. The van der Waals surface area contributed by atoms with Crippen molar-refractivity contribution in [2.45, 2.75) is 22.1 Å². The van der Waals surface area contributed by atoms with Gasteiger partial charge >= 0.3 is 0 Å². The van der Waals surface area contributed by atoms with E-state index in [1.54, 1.807) is 42.5 Å². The van der Waals surface area contributed by atoms with E-state index in [0.717, 1.165) is 22.9 Å². The van der Waals surface area contributed by atoms with Gasteiger partial charge in [0.25, 0.3) is 0 Å². The Morgan fingerprint density at radius 1 is 0.971 bits per heavy atom. The number of hydrogen-bond acceptors (Lipinski definition) is 5. The molecular weight excluding hydrogens is 505 g/mol. The number of piperidine rings is 1. The van der Waals surface area contributed by atoms with Crippen molar-refractivity contribution >= 4 is 46.4 Å². The van der Waals surface area contributed by atoms with Crippen molar-refractivity contribution in [1.29, 1.82) is 0 Å². The molecule has 2 atom stereocenters. The minimum Gasteiger partial charge on any atom is -0.457 e. The number of ether oxygens (including phenoxy) is 1. The summed E-state index contributed by atoms with van der Waals surface area (Å²) < 4.78 is 19.2. The van der Waals surface area contributed by atoms with E-state index in [1.165, 1.54) is 23.5 Å². The topological polar surface area (TPSA) is 55.4 Å². The molecule has 0 bridgehead atoms. The molecule has 1 N–H and O–H groups in total. The number of ketones is 1. The van der Waals surface area contributed by atoms with Crippen molar-refractivity contribution in [2.75, 3.05) is 0 Å². The second-order valence-corrected chi connectivity index (χ2v) is 10.4. The van der Waals surface area contributed by atoms with Crippen LogP contribution >= 0.6 is 34.7 Å². The molecule has 1 fully saturated rings. The summed E-state index contributed by atoms with van der Waals surface area (Å²) in [6.07, 6.45) is 0.0809. The van der Waals surface area contributed by atoms with E-state index >= 15 is 0 Å². The number of hydrogen-bond donors (Lipinski definition) is 1. The monoisotopic (exact) mass is 523 g/mol. The normalized spacial score (nSPS) is 19.9. The van der Waals surface area contributed by atoms with Gasteiger partial charge in [0.1, 0.15) is 22.6 Å². The number of thiophene rings is 1. The standard InChI is InChI=1S/C27H19ClFNO3S2/c28-22-6-1-2-7-24(22)35-25-23(31)15-27(30-26(25)32,18-12-13-34-16-18)17-4-3-5-21(14-17)33-20-10-8-19(29)9-11-20/h1-14,16,25H,15H2,(H,30,32). The molecule has 1 aliphatic heterocycles. The van der Waals surface area contributed by atoms with Gasteiger partial charge in [-0.05, 0) is 76.5 Å². The first kappa shape index (κ1) is 23.6. The number of rotatable bonds is 6. The van der Waals surface area contributed by atoms with Crippen LogP contribution in [-0.4, -0.2) is 16.9 Å². The molecule has 1 aliphatic rings. The SMILES string of the molecule is O=C1CC(c2ccsc2)(c2cccc(Oc3ccc(F)cc3)c2)NC(=O)C1Sc1ccccc1Cl. The number of nitrogens with one attached hydrogen (secondary N) is 1. The number of carbonyl (C=O) groups excluding carboxylic acids is 2. The number of benzene rings is 3. The molecule has 0 saturated carbocycles. The van der Waals surface area contributed by atoms with Gasteiger partial charge in [0.05, 0.1) is 10.6 Å². The van der Waals surface area contributed by atoms with E-state index in [2.05, 4.69) is 5.32 Å². The summed E-state index contributed by atoms with van der Waals surface area (Å²) in [4.78, 5) is 27.5. The summed E-state index contributed by atoms with van der Waals surface area (Å²) in [5.41, 5.74) is 0.510. The third kappa shape index (κ3) is 4.85. The van der Waals surface area contributed by atoms with Gasteiger partial charge in [-0.2, -0.15) is 11.3 Å². The first-order valence-electron chi connectivity index (χ1n) is 10.8. The van der Waals surface area contributed by atoms with Crippen LogP contribution in [0, 0.1) is 5.82 Å². The van der Waals surface area contributed by atoms with E-state index in [1.807, 2.05) is 35.0 Å². The number of amides is 1. The van der Waals surface area contributed by atoms with Gasteiger partial charge in [0.2, 0.25) is 5.91 Å². The first-order valence-corrected chi connectivity index (χ1v) is 13.0. The molecule has 35 heavy (non-hydrogen) atoms. The molecule has 2 heterocycles. The molecule has 8 heteroatoms. The molecule has 4 aromatic rings. The molecule has 0 aliphatic carbocycles. The van der Waals surface area contributed by atoms with Crippen LogP contribution in [0.15, 0.2) is 94.5 Å². The Morgan fingerprint density at radius 2 is 1.77 bits per heavy atom. The lowest BCUT2D eigenvalue weighted by molar-refractivity contribution is -0.132. The maximum atomic E-state index is 13.4. The van der Waals surface area contributed by atoms with Crippen LogP contribution in [0.25, 0.3) is 0 Å². The largest absolute Gasteiger partial charge is 0.457 e. The molecule has 176 valence electrons. The zero-order chi connectivity index (χ0) is 24.4. The second kappa shape index (κ2) is 9.85. The van der Waals surface area contributed by atoms with Crippen molar-refractivity contribution in [3.63, 3.8) is 0 Å². The van der Waals surface area contributed by atoms with Gasteiger partial charge in [-0.25, -0.2) is 4.39 Å². The Bertz CT molecular complexity index is 1360. The van der Waals surface area contributed by atoms with Crippen molar-refractivity contribution in [2.24, 2.45) is 0 Å². The minimum absolute atomic E-state index is 0.0809. The lowest BCUT2D eigenvalue weighted by Gasteiger charge is -2.40. The van der Waals surface area contributed by atoms with Crippen molar-refractivity contribution in [3.05, 3.63) is 112 Å². The molecule has 0 radical (unpaired) electrons. The molecule has 1 amide bonds. The predicted octanol–water partition coefficient (Wildman–Crippen LogP) is 6.83. The smallest absolute Gasteiger partial charge is 0.242 e. The second-order valence-electron chi connectivity index (χ2n) is 8.06. The molecule has 1 aromatic heterocycles. The van der Waals surface area contributed by atoms with Crippen molar-refractivity contribution in [3.8, 4) is 11.5 Å². The Labute approximate surface area is 215 Å². The van der Waals surface area contributed by atoms with Crippen molar-refractivity contribution < 1.29 is 18.7 Å². The Balaban J connectivity index is 1.48. The molecular formula is C27H19ClFNO3S2. The predicted molar refractivity (Wildman–Crippen MR) is 137 cm³/mol. The molecule has 3 aromatic carbocycles. The molecule has 4 nitrogen and oxygen atoms in total. The van der Waals surface area contributed by atoms with Crippen LogP contribution < -0.4 is 10.1 Å². The van der Waals surface area contributed by atoms with Crippen LogP contribution in [-0.2, 0) is 15.1 Å². The third-order valence-electron chi connectivity index (χ3n) is 5.78. The summed E-state index contributed by atoms with van der Waals surface area (Å²) in [6, 6.07) is 22.0. The van der Waals surface area contributed by atoms with Crippen LogP contribution in [0.5, 0.6) is 11.5 Å². The fourth-order valence-electron chi connectivity index (χ4n) is 4.09. The zero-order valence-corrected chi connectivity index (χ0v) is 20.6. The third-order valence-corrected chi connectivity index (χ3v) is 8.23. The minimum atomic E-state index is -1.03. The Hall–Kier alpha value is -3.13. The quantitative estimate of drug-likeness (QED) is 0.281. The van der Waals surface area contributed by atoms with Crippen LogP contribution in [0.4, 0.5) is 4.39 Å². The molecule has 1 saturated heterocycles. The van der Waals surface area contributed by atoms with Gasteiger partial charge < -0.3 is 10.1 Å². The van der Waals surface area contributed by atoms with Crippen LogP contribution in [0.3, 0.4) is 0 Å². The Kier molecular flexibility index (Phi) is 6.65. The highest BCUT2D eigenvalue weighted by Crippen LogP contribution is 2.42. The van der Waals surface area contributed by atoms with Gasteiger partial charge in [-0.3, -0.25) is 9.59 Å². The van der Waals surface area contributed by atoms with E-state index in [-0.39, 0.29) is 23.9 Å². The van der Waals surface area contributed by atoms with E-state index in [9.17, 15) is 14.0 Å². The summed E-state index contributed by atoms with van der Waals surface area (Å²) in [6.45, 7) is 0. The van der Waals surface area contributed by atoms with Gasteiger partial charge in [-0.1, -0.05) is 35.9 Å². The average molecular weight is 524 g/mol. The fourth-order valence-corrected chi connectivity index (χ4v) is 6.06. The molecule has 5 rings (SSSR count). The molecule has 2 unspecified atom stereocenters. The average Bonchev–Trinajstić information content (AvgIpc) is 3.40. The van der Waals surface area contributed by atoms with Gasteiger partial charge in [-0.15, -0.1) is 11.8 Å². The number of thioether (sulfide) groups is 1. The lowest BCUT2D eigenvalue weighted by Crippen LogP contribution is -2.57. The summed E-state index contributed by atoms with van der Waals surface area (Å²) >= 11 is 8.92. The number of carbonyl (C=O) groups is 2. The first-order chi connectivity index (χ1) is 16.9. The number of halogens is 2. The molecule has 0 spiro atoms. The summed E-state index contributed by atoms with van der Waals surface area (Å²) in [7, 11) is 0. The summed E-state index contributed by atoms with van der Waals surface area (Å²) in [5.74, 6) is 0.0816. The summed E-state index contributed by atoms with van der Waals surface area (Å²) in [5, 5.41) is 6.59. The maximum absolute atomic E-state index is 13.4. The number of Topliss-reactive ketones (excluding diaryl/α,β-unsaturated/α-hetero) is 1. The van der Waals surface area contributed by atoms with Crippen molar-refractivity contribution in [1.82, 2.24) is 5.32 Å². The highest BCUT2D eigenvalue weighted by atomic mass is 35.5. The fraction of sp³-hybridized carbons (Fsp3) is 0.111. The zero-order valence-electron chi connectivity index (χ0n) is 18.2. The highest BCUT2D eigenvalue weighted by molar-refractivity contribution is 8.01. The van der Waals surface area contributed by atoms with E-state index in [4.69, 9.17) is 16.3 Å². The van der Waals surface area contributed by atoms with Gasteiger partial charge in [0, 0.05) is 11.3 Å². The van der Waals surface area contributed by atoms with Crippen LogP contribution in [0.2, 0.25) is 5.02 Å². The van der Waals surface area contributed by atoms with E-state index in [0.29, 0.717) is 21.4 Å². The van der Waals surface area contributed by atoms with E-state index < -0.39 is 10.8 Å². The maximum Gasteiger partial charge on any atom is 0.242 e. The van der Waals surface area contributed by atoms with Crippen LogP contribution in [0.1, 0.15) is 17.5 Å².